The predicted molar refractivity (Wildman–Crippen MR) is 39.7 cm³/mol. The minimum atomic E-state index is -5.39. The van der Waals surface area contributed by atoms with Crippen LogP contribution in [0.25, 0.3) is 0 Å². The third-order valence-electron chi connectivity index (χ3n) is 0. The first-order chi connectivity index (χ1) is 4.00. The summed E-state index contributed by atoms with van der Waals surface area (Å²) >= 11 is 0. The van der Waals surface area contributed by atoms with E-state index >= 15 is 0 Å². The zero-order chi connectivity index (χ0) is 9.00. The normalized spacial score (nSPS) is 7.87. The van der Waals surface area contributed by atoms with Gasteiger partial charge in [-0.3, -0.25) is 0 Å². The van der Waals surface area contributed by atoms with Gasteiger partial charge in [-0.15, -0.1) is 0 Å². The Morgan fingerprint density at radius 1 is 0.533 bits per heavy atom. The second kappa shape index (κ2) is 17.1. The molecule has 0 saturated heterocycles. The summed E-state index contributed by atoms with van der Waals surface area (Å²) in [4.78, 5) is 51.3. The summed E-state index contributed by atoms with van der Waals surface area (Å²) in [5, 5.41) is 0. The van der Waals surface area contributed by atoms with Crippen molar-refractivity contribution in [3.63, 3.8) is 0 Å². The maximum Gasteiger partial charge on any atom is 2.00 e. The molecule has 15 heavy (non-hydrogen) atoms. The van der Waals surface area contributed by atoms with Crippen molar-refractivity contribution in [3.8, 4) is 0 Å². The first-order valence-electron chi connectivity index (χ1n) is 1.46. The molecule has 0 spiro atoms. The SMILES string of the molecule is O.O.O=P([O-])([O-])[O-].O=P([O-])([O-])[O-].[Be+2].[Be+2].[Be+2]. The second-order valence-electron chi connectivity index (χ2n) is 0.894. The van der Waals surface area contributed by atoms with Crippen LogP contribution in [0.2, 0.25) is 0 Å². The molecule has 0 rings (SSSR count). The molecular weight excluding hydrogens is 249 g/mol. The molecule has 0 aromatic carbocycles. The molecule has 0 aliphatic carbocycles. The molecule has 0 atom stereocenters. The maximum absolute atomic E-state index is 8.55. The van der Waals surface area contributed by atoms with Crippen molar-refractivity contribution in [1.82, 2.24) is 0 Å². The van der Waals surface area contributed by atoms with Gasteiger partial charge in [0.25, 0.3) is 0 Å². The fourth-order valence-electron chi connectivity index (χ4n) is 0. The quantitative estimate of drug-likeness (QED) is 0.295. The molecule has 0 saturated carbocycles. The first kappa shape index (κ1) is 44.9. The third kappa shape index (κ3) is 5600. The predicted octanol–water partition coefficient (Wildman–Crippen LogP) is -8.44. The smallest absolute Gasteiger partial charge is 0.822 e. The minimum absolute atomic E-state index is 0. The van der Waals surface area contributed by atoms with Crippen LogP contribution in [0.4, 0.5) is 0 Å². The standard InChI is InChI=1S/3Be.2H3O4P.2H2O/c;;;2*1-5(2,3)4;;/h;;;2*(H3,1,2,3,4);2*1H2/q3*+2;;;;/p-6. The molecule has 0 amide bonds. The van der Waals surface area contributed by atoms with Crippen molar-refractivity contribution in [2.75, 3.05) is 0 Å². The van der Waals surface area contributed by atoms with E-state index in [1.807, 2.05) is 0 Å². The summed E-state index contributed by atoms with van der Waals surface area (Å²) in [7, 11) is -10.8. The minimum Gasteiger partial charge on any atom is -0.822 e. The van der Waals surface area contributed by atoms with E-state index in [0.29, 0.717) is 0 Å². The van der Waals surface area contributed by atoms with Crippen molar-refractivity contribution >= 4 is 46.0 Å². The van der Waals surface area contributed by atoms with Gasteiger partial charge in [-0.05, 0) is 0 Å². The Labute approximate surface area is 96.1 Å². The Bertz CT molecular complexity index is 131. The zero-order valence-electron chi connectivity index (χ0n) is 7.28. The van der Waals surface area contributed by atoms with Gasteiger partial charge in [0.05, 0.1) is 0 Å². The summed E-state index contributed by atoms with van der Waals surface area (Å²) < 4.78 is 17.1. The largest absolute Gasteiger partial charge is 2.00 e. The molecule has 80 valence electrons. The number of phosphoric acid groups is 2. The molecule has 0 heterocycles. The van der Waals surface area contributed by atoms with E-state index in [1.165, 1.54) is 0 Å². The summed E-state index contributed by atoms with van der Waals surface area (Å²) in [5.74, 6) is 0. The Morgan fingerprint density at radius 3 is 0.533 bits per heavy atom. The van der Waals surface area contributed by atoms with E-state index in [4.69, 9.17) is 38.5 Å². The average Bonchev–Trinajstić information content (AvgIpc) is 1.12. The molecule has 4 N–H and O–H groups in total. The number of hydrogen-bond donors (Lipinski definition) is 0. The Hall–Kier alpha value is 0.646. The van der Waals surface area contributed by atoms with E-state index in [2.05, 4.69) is 0 Å². The van der Waals surface area contributed by atoms with Crippen molar-refractivity contribution in [2.45, 2.75) is 0 Å². The summed E-state index contributed by atoms with van der Waals surface area (Å²) in [6, 6.07) is 0. The molecule has 15 heteroatoms. The maximum atomic E-state index is 8.55. The van der Waals surface area contributed by atoms with Crippen LogP contribution >= 0.6 is 15.6 Å². The van der Waals surface area contributed by atoms with Gasteiger partial charge in [-0.2, -0.15) is 15.6 Å². The average molecular weight is 253 g/mol. The van der Waals surface area contributed by atoms with E-state index < -0.39 is 15.6 Å². The van der Waals surface area contributed by atoms with Crippen LogP contribution < -0.4 is 29.4 Å². The molecule has 0 unspecified atom stereocenters. The van der Waals surface area contributed by atoms with Gasteiger partial charge >= 0.3 is 30.4 Å². The van der Waals surface area contributed by atoms with Crippen LogP contribution in [0.3, 0.4) is 0 Å². The fraction of sp³-hybridized carbons (Fsp3) is 0. The molecular formula is H4Be3O10P2. The van der Waals surface area contributed by atoms with Crippen LogP contribution in [0, 0.1) is 0 Å². The van der Waals surface area contributed by atoms with E-state index in [-0.39, 0.29) is 41.3 Å². The molecule has 0 aliphatic rings. The molecule has 0 aromatic rings. The van der Waals surface area contributed by atoms with E-state index in [9.17, 15) is 0 Å². The van der Waals surface area contributed by atoms with Crippen LogP contribution in [-0.4, -0.2) is 41.3 Å². The van der Waals surface area contributed by atoms with Gasteiger partial charge in [0.2, 0.25) is 0 Å². The molecule has 0 aromatic heterocycles. The first-order valence-corrected chi connectivity index (χ1v) is 4.38. The summed E-state index contributed by atoms with van der Waals surface area (Å²) in [6.07, 6.45) is 0. The van der Waals surface area contributed by atoms with E-state index in [0.717, 1.165) is 0 Å². The summed E-state index contributed by atoms with van der Waals surface area (Å²) in [5.41, 5.74) is 0. The van der Waals surface area contributed by atoms with Gasteiger partial charge in [0.15, 0.2) is 0 Å². The Balaban J connectivity index is -0.0000000128. The van der Waals surface area contributed by atoms with Crippen LogP contribution in [0.15, 0.2) is 0 Å². The second-order valence-corrected chi connectivity index (χ2v) is 2.68. The number of rotatable bonds is 0. The van der Waals surface area contributed by atoms with Crippen LogP contribution in [0.1, 0.15) is 0 Å². The van der Waals surface area contributed by atoms with Gasteiger partial charge in [-0.1, -0.05) is 0 Å². The van der Waals surface area contributed by atoms with Gasteiger partial charge in [-0.25, -0.2) is 0 Å². The van der Waals surface area contributed by atoms with Crippen molar-refractivity contribution in [3.05, 3.63) is 0 Å². The fourth-order valence-corrected chi connectivity index (χ4v) is 0. The molecule has 0 radical (unpaired) electrons. The monoisotopic (exact) mass is 253 g/mol. The van der Waals surface area contributed by atoms with Crippen molar-refractivity contribution in [2.24, 2.45) is 0 Å². The van der Waals surface area contributed by atoms with Crippen LogP contribution in [-0.2, 0) is 9.13 Å². The Morgan fingerprint density at radius 2 is 0.533 bits per heavy atom. The van der Waals surface area contributed by atoms with Crippen molar-refractivity contribution < 1.29 is 49.4 Å². The van der Waals surface area contributed by atoms with Gasteiger partial charge in [0.1, 0.15) is 0 Å². The third-order valence-corrected chi connectivity index (χ3v) is 0. The molecule has 0 fully saturated rings. The van der Waals surface area contributed by atoms with Crippen LogP contribution in [0.5, 0.6) is 0 Å². The Kier molecular flexibility index (Phi) is 51.0. The van der Waals surface area contributed by atoms with E-state index in [1.54, 1.807) is 0 Å². The van der Waals surface area contributed by atoms with Gasteiger partial charge < -0.3 is 49.4 Å². The van der Waals surface area contributed by atoms with Crippen molar-refractivity contribution in [1.29, 1.82) is 0 Å². The zero-order valence-corrected chi connectivity index (χ0v) is 9.07. The molecule has 0 bridgehead atoms. The van der Waals surface area contributed by atoms with Gasteiger partial charge in [0, 0.05) is 0 Å². The molecule has 0 aliphatic heterocycles. The molecule has 10 nitrogen and oxygen atoms in total. The summed E-state index contributed by atoms with van der Waals surface area (Å²) in [6.45, 7) is 0. The number of hydrogen-bond acceptors (Lipinski definition) is 8. The topological polar surface area (TPSA) is 236 Å².